The number of aromatic hydroxyl groups is 1. The first-order chi connectivity index (χ1) is 14.1. The topological polar surface area (TPSA) is 49.7 Å². The number of hydrogen-bond donors (Lipinski definition) is 2. The molecule has 0 unspecified atom stereocenters. The number of aryl methyl sites for hydroxylation is 1. The summed E-state index contributed by atoms with van der Waals surface area (Å²) in [4.78, 5) is 0. The second-order valence-corrected chi connectivity index (χ2v) is 10.1. The van der Waals surface area contributed by atoms with Gasteiger partial charge in [-0.1, -0.05) is 38.7 Å². The first-order valence-electron chi connectivity index (χ1n) is 12.2. The Morgan fingerprint density at radius 3 is 2.62 bits per heavy atom. The van der Waals surface area contributed by atoms with Crippen LogP contribution < -0.4 is 0 Å². The number of rotatable bonds is 9. The van der Waals surface area contributed by atoms with E-state index in [4.69, 9.17) is 9.84 Å². The van der Waals surface area contributed by atoms with Crippen LogP contribution in [0.2, 0.25) is 0 Å². The Kier molecular flexibility index (Phi) is 6.86. The predicted molar refractivity (Wildman–Crippen MR) is 117 cm³/mol. The van der Waals surface area contributed by atoms with Gasteiger partial charge in [-0.3, -0.25) is 0 Å². The summed E-state index contributed by atoms with van der Waals surface area (Å²) in [6, 6.07) is 6.09. The minimum atomic E-state index is 0.334. The number of hydrogen-bond acceptors (Lipinski definition) is 3. The van der Waals surface area contributed by atoms with Crippen molar-refractivity contribution in [2.24, 2.45) is 17.3 Å². The van der Waals surface area contributed by atoms with E-state index in [-0.39, 0.29) is 0 Å². The highest BCUT2D eigenvalue weighted by molar-refractivity contribution is 5.40. The molecule has 2 N–H and O–H groups in total. The van der Waals surface area contributed by atoms with E-state index >= 15 is 0 Å². The van der Waals surface area contributed by atoms with Gasteiger partial charge in [0.1, 0.15) is 5.75 Å². The summed E-state index contributed by atoms with van der Waals surface area (Å²) in [6.45, 7) is 3.77. The van der Waals surface area contributed by atoms with Gasteiger partial charge in [-0.25, -0.2) is 0 Å². The smallest absolute Gasteiger partial charge is 0.115 e. The number of aliphatic hydroxyl groups excluding tert-OH is 1. The Bertz CT molecular complexity index is 672. The molecule has 3 heteroatoms. The maximum absolute atomic E-state index is 9.86. The number of ether oxygens (including phenoxy) is 1. The summed E-state index contributed by atoms with van der Waals surface area (Å²) < 4.78 is 6.50. The van der Waals surface area contributed by atoms with Crippen molar-refractivity contribution in [2.75, 3.05) is 13.2 Å². The first kappa shape index (κ1) is 21.2. The van der Waals surface area contributed by atoms with E-state index in [1.165, 1.54) is 68.9 Å². The summed E-state index contributed by atoms with van der Waals surface area (Å²) in [6.07, 6.45) is 15.0. The lowest BCUT2D eigenvalue weighted by Gasteiger charge is -2.50. The van der Waals surface area contributed by atoms with Crippen molar-refractivity contribution < 1.29 is 14.9 Å². The highest BCUT2D eigenvalue weighted by Gasteiger charge is 2.55. The van der Waals surface area contributed by atoms with Crippen LogP contribution in [0.1, 0.15) is 94.6 Å². The van der Waals surface area contributed by atoms with Crippen molar-refractivity contribution in [2.45, 2.75) is 96.0 Å². The number of phenols is 1. The van der Waals surface area contributed by atoms with Gasteiger partial charge in [0.25, 0.3) is 0 Å². The molecule has 3 aliphatic rings. The predicted octanol–water partition coefficient (Wildman–Crippen LogP) is 5.97. The quantitative estimate of drug-likeness (QED) is 0.502. The molecule has 0 saturated heterocycles. The van der Waals surface area contributed by atoms with Gasteiger partial charge in [0.05, 0.1) is 6.10 Å². The molecule has 0 bridgehead atoms. The second-order valence-electron chi connectivity index (χ2n) is 10.1. The van der Waals surface area contributed by atoms with E-state index in [1.54, 1.807) is 0 Å². The van der Waals surface area contributed by atoms with Crippen LogP contribution in [0.3, 0.4) is 0 Å². The Hall–Kier alpha value is -1.06. The Morgan fingerprint density at radius 1 is 1.00 bits per heavy atom. The van der Waals surface area contributed by atoms with E-state index in [1.807, 2.05) is 12.1 Å². The van der Waals surface area contributed by atoms with Gasteiger partial charge in [-0.2, -0.15) is 0 Å². The van der Waals surface area contributed by atoms with Gasteiger partial charge in [0.15, 0.2) is 0 Å². The molecule has 3 nitrogen and oxygen atoms in total. The zero-order valence-corrected chi connectivity index (χ0v) is 18.2. The minimum absolute atomic E-state index is 0.334. The van der Waals surface area contributed by atoms with E-state index in [0.29, 0.717) is 29.8 Å². The van der Waals surface area contributed by atoms with Crippen molar-refractivity contribution in [3.63, 3.8) is 0 Å². The maximum atomic E-state index is 9.86. The lowest BCUT2D eigenvalue weighted by Crippen LogP contribution is -2.44. The van der Waals surface area contributed by atoms with Crippen LogP contribution in [-0.2, 0) is 11.2 Å². The van der Waals surface area contributed by atoms with Crippen LogP contribution in [-0.4, -0.2) is 29.5 Å². The van der Waals surface area contributed by atoms with Crippen molar-refractivity contribution in [3.05, 3.63) is 29.3 Å². The summed E-state index contributed by atoms with van der Waals surface area (Å²) in [7, 11) is 0. The van der Waals surface area contributed by atoms with E-state index in [9.17, 15) is 5.11 Å². The molecule has 5 atom stereocenters. The SMILES string of the molecule is C[C@]12CC[C@@H]3c4ccc(O)cc4CC[C@H]3[C@@H]1CC[C@@H]2OCCCCCCCCO. The molecule has 4 rings (SSSR count). The van der Waals surface area contributed by atoms with Crippen LogP contribution in [0.5, 0.6) is 5.75 Å². The van der Waals surface area contributed by atoms with Crippen molar-refractivity contribution in [1.82, 2.24) is 0 Å². The molecule has 0 heterocycles. The van der Waals surface area contributed by atoms with Crippen LogP contribution in [0, 0.1) is 17.3 Å². The van der Waals surface area contributed by atoms with Gasteiger partial charge in [0, 0.05) is 13.2 Å². The van der Waals surface area contributed by atoms with Crippen LogP contribution >= 0.6 is 0 Å². The van der Waals surface area contributed by atoms with Crippen molar-refractivity contribution in [3.8, 4) is 5.75 Å². The molecule has 0 spiro atoms. The molecule has 3 aliphatic carbocycles. The van der Waals surface area contributed by atoms with Crippen LogP contribution in [0.4, 0.5) is 0 Å². The van der Waals surface area contributed by atoms with Gasteiger partial charge in [-0.05, 0) is 97.8 Å². The zero-order chi connectivity index (χ0) is 20.3. The Balaban J connectivity index is 1.30. The van der Waals surface area contributed by atoms with E-state index in [2.05, 4.69) is 13.0 Å². The van der Waals surface area contributed by atoms with Crippen molar-refractivity contribution >= 4 is 0 Å². The fourth-order valence-corrected chi connectivity index (χ4v) is 6.94. The fourth-order valence-electron chi connectivity index (χ4n) is 6.94. The van der Waals surface area contributed by atoms with Gasteiger partial charge < -0.3 is 14.9 Å². The molecule has 2 fully saturated rings. The largest absolute Gasteiger partial charge is 0.508 e. The monoisotopic (exact) mass is 400 g/mol. The van der Waals surface area contributed by atoms with Gasteiger partial charge in [0.2, 0.25) is 0 Å². The fraction of sp³-hybridized carbons (Fsp3) is 0.769. The molecular weight excluding hydrogens is 360 g/mol. The molecule has 0 aliphatic heterocycles. The standard InChI is InChI=1S/C26H40O3/c1-26-15-14-22-21-11-9-20(28)18-19(21)8-10-23(22)24(26)12-13-25(26)29-17-7-5-3-2-4-6-16-27/h9,11,18,22-25,27-28H,2-8,10,12-17H2,1H3/t22-,23-,24+,25+,26+/m1/s1. The van der Waals surface area contributed by atoms with Crippen LogP contribution in [0.25, 0.3) is 0 Å². The molecule has 29 heavy (non-hydrogen) atoms. The molecule has 0 aromatic heterocycles. The zero-order valence-electron chi connectivity index (χ0n) is 18.2. The summed E-state index contributed by atoms with van der Waals surface area (Å²) in [5, 5.41) is 18.7. The van der Waals surface area contributed by atoms with Gasteiger partial charge >= 0.3 is 0 Å². The minimum Gasteiger partial charge on any atom is -0.508 e. The van der Waals surface area contributed by atoms with Crippen LogP contribution in [0.15, 0.2) is 18.2 Å². The average Bonchev–Trinajstić information content (AvgIpc) is 3.06. The molecule has 2 saturated carbocycles. The number of aliphatic hydroxyl groups is 1. The highest BCUT2D eigenvalue weighted by Crippen LogP contribution is 2.61. The molecule has 1 aromatic carbocycles. The maximum Gasteiger partial charge on any atom is 0.115 e. The molecule has 0 amide bonds. The van der Waals surface area contributed by atoms with E-state index in [0.717, 1.165) is 37.7 Å². The lowest BCUT2D eigenvalue weighted by atomic mass is 9.55. The highest BCUT2D eigenvalue weighted by atomic mass is 16.5. The third kappa shape index (κ3) is 4.37. The number of fused-ring (bicyclic) bond motifs is 5. The summed E-state index contributed by atoms with van der Waals surface area (Å²) >= 11 is 0. The summed E-state index contributed by atoms with van der Waals surface area (Å²) in [5.41, 5.74) is 3.27. The number of unbranched alkanes of at least 4 members (excludes halogenated alkanes) is 5. The number of benzene rings is 1. The van der Waals surface area contributed by atoms with E-state index < -0.39 is 0 Å². The third-order valence-electron chi connectivity index (χ3n) is 8.49. The third-order valence-corrected chi connectivity index (χ3v) is 8.49. The summed E-state index contributed by atoms with van der Waals surface area (Å²) in [5.74, 6) is 2.71. The Labute approximate surface area is 176 Å². The second kappa shape index (κ2) is 9.39. The lowest BCUT2D eigenvalue weighted by molar-refractivity contribution is -0.0647. The molecular formula is C26H40O3. The number of phenolic OH excluding ortho intramolecular Hbond substituents is 1. The Morgan fingerprint density at radius 2 is 1.79 bits per heavy atom. The first-order valence-corrected chi connectivity index (χ1v) is 12.2. The molecule has 162 valence electrons. The molecule has 1 aromatic rings. The van der Waals surface area contributed by atoms with Gasteiger partial charge in [-0.15, -0.1) is 0 Å². The van der Waals surface area contributed by atoms with Crippen molar-refractivity contribution in [1.29, 1.82) is 0 Å². The average molecular weight is 401 g/mol. The molecule has 0 radical (unpaired) electrons. The normalized spacial score (nSPS) is 33.2.